The molecule has 132 valence electrons. The van der Waals surface area contributed by atoms with Crippen molar-refractivity contribution >= 4 is 18.0 Å². The molecule has 0 saturated carbocycles. The van der Waals surface area contributed by atoms with Crippen LogP contribution in [0, 0.1) is 5.92 Å². The average Bonchev–Trinajstić information content (AvgIpc) is 2.27. The molecule has 1 aliphatic rings. The van der Waals surface area contributed by atoms with E-state index < -0.39 is 35.2 Å². The van der Waals surface area contributed by atoms with Crippen molar-refractivity contribution in [2.45, 2.75) is 58.2 Å². The number of carbonyl (C=O) groups is 3. The molecule has 0 aromatic heterocycles. The first-order valence-electron chi connectivity index (χ1n) is 7.62. The number of likely N-dealkylation sites (tertiary alicyclic amines) is 1. The third kappa shape index (κ3) is 5.38. The van der Waals surface area contributed by atoms with Gasteiger partial charge >= 0.3 is 12.1 Å². The molecule has 8 heteroatoms. The molecule has 1 aliphatic heterocycles. The van der Waals surface area contributed by atoms with Crippen LogP contribution in [-0.2, 0) is 14.3 Å². The van der Waals surface area contributed by atoms with Crippen LogP contribution in [0.15, 0.2) is 0 Å². The Morgan fingerprint density at radius 2 is 1.83 bits per heavy atom. The van der Waals surface area contributed by atoms with Crippen LogP contribution in [0.1, 0.15) is 41.0 Å². The number of primary amides is 1. The van der Waals surface area contributed by atoms with Gasteiger partial charge in [0.2, 0.25) is 5.91 Å². The van der Waals surface area contributed by atoms with Crippen LogP contribution < -0.4 is 11.1 Å². The van der Waals surface area contributed by atoms with Gasteiger partial charge in [-0.3, -0.25) is 14.9 Å². The third-order valence-corrected chi connectivity index (χ3v) is 3.56. The summed E-state index contributed by atoms with van der Waals surface area (Å²) in [4.78, 5) is 36.1. The quantitative estimate of drug-likeness (QED) is 0.654. The monoisotopic (exact) mass is 329 g/mol. The second-order valence-electron chi connectivity index (χ2n) is 7.46. The maximum atomic E-state index is 12.0. The molecule has 1 rings (SSSR count). The predicted molar refractivity (Wildman–Crippen MR) is 83.7 cm³/mol. The summed E-state index contributed by atoms with van der Waals surface area (Å²) in [6.07, 6.45) is -0.705. The van der Waals surface area contributed by atoms with Crippen molar-refractivity contribution in [1.29, 1.82) is 0 Å². The molecule has 1 unspecified atom stereocenters. The zero-order valence-electron chi connectivity index (χ0n) is 14.4. The van der Waals surface area contributed by atoms with Crippen LogP contribution in [-0.4, -0.2) is 58.2 Å². The summed E-state index contributed by atoms with van der Waals surface area (Å²) in [5.41, 5.74) is 3.89. The van der Waals surface area contributed by atoms with Gasteiger partial charge in [-0.05, 0) is 26.7 Å². The van der Waals surface area contributed by atoms with Gasteiger partial charge < -0.3 is 20.5 Å². The summed E-state index contributed by atoms with van der Waals surface area (Å²) in [6.45, 7) is 9.23. The van der Waals surface area contributed by atoms with E-state index in [-0.39, 0.29) is 25.4 Å². The Morgan fingerprint density at radius 3 is 2.17 bits per heavy atom. The van der Waals surface area contributed by atoms with Crippen molar-refractivity contribution < 1.29 is 24.2 Å². The van der Waals surface area contributed by atoms with Gasteiger partial charge in [-0.2, -0.15) is 0 Å². The molecular weight excluding hydrogens is 302 g/mol. The lowest BCUT2D eigenvalue weighted by atomic mass is 9.84. The molecule has 1 heterocycles. The first kappa shape index (κ1) is 19.2. The van der Waals surface area contributed by atoms with Crippen molar-refractivity contribution in [3.05, 3.63) is 0 Å². The molecule has 1 saturated heterocycles. The maximum absolute atomic E-state index is 12.0. The van der Waals surface area contributed by atoms with Gasteiger partial charge in [-0.25, -0.2) is 4.79 Å². The first-order chi connectivity index (χ1) is 10.4. The van der Waals surface area contributed by atoms with Gasteiger partial charge in [-0.1, -0.05) is 13.8 Å². The second-order valence-corrected chi connectivity index (χ2v) is 7.46. The molecule has 23 heavy (non-hydrogen) atoms. The van der Waals surface area contributed by atoms with Crippen LogP contribution in [0.3, 0.4) is 0 Å². The highest BCUT2D eigenvalue weighted by atomic mass is 16.6. The normalized spacial score (nSPS) is 18.3. The van der Waals surface area contributed by atoms with Crippen LogP contribution >= 0.6 is 0 Å². The summed E-state index contributed by atoms with van der Waals surface area (Å²) in [7, 11) is 0. The highest BCUT2D eigenvalue weighted by Crippen LogP contribution is 2.28. The molecule has 0 aromatic carbocycles. The summed E-state index contributed by atoms with van der Waals surface area (Å²) in [5, 5.41) is 12.2. The summed E-state index contributed by atoms with van der Waals surface area (Å²) < 4.78 is 5.26. The summed E-state index contributed by atoms with van der Waals surface area (Å²) in [6, 6.07) is -0.657. The van der Waals surface area contributed by atoms with Gasteiger partial charge in [0.1, 0.15) is 5.60 Å². The number of hydrogen-bond donors (Lipinski definition) is 3. The molecule has 0 aromatic rings. The van der Waals surface area contributed by atoms with Gasteiger partial charge in [0.15, 0.2) is 0 Å². The predicted octanol–water partition coefficient (Wildman–Crippen LogP) is 0.550. The molecule has 0 spiro atoms. The van der Waals surface area contributed by atoms with Crippen molar-refractivity contribution in [2.75, 3.05) is 13.1 Å². The van der Waals surface area contributed by atoms with Crippen LogP contribution in [0.25, 0.3) is 0 Å². The molecule has 1 atom stereocenters. The lowest BCUT2D eigenvalue weighted by molar-refractivity contribution is -0.142. The van der Waals surface area contributed by atoms with E-state index in [0.717, 1.165) is 0 Å². The first-order valence-corrected chi connectivity index (χ1v) is 7.62. The number of carboxylic acid groups (broad SMARTS) is 1. The Bertz CT molecular complexity index is 478. The number of nitrogens with zero attached hydrogens (tertiary/aromatic N) is 1. The molecule has 0 aliphatic carbocycles. The molecule has 1 fully saturated rings. The highest BCUT2D eigenvalue weighted by molar-refractivity contribution is 5.80. The van der Waals surface area contributed by atoms with Crippen LogP contribution in [0.4, 0.5) is 4.79 Å². The highest BCUT2D eigenvalue weighted by Gasteiger charge is 2.49. The van der Waals surface area contributed by atoms with E-state index in [0.29, 0.717) is 0 Å². The topological polar surface area (TPSA) is 122 Å². The number of carbonyl (C=O) groups excluding carboxylic acids is 2. The number of nitrogens with two attached hydrogens (primary N) is 1. The lowest BCUT2D eigenvalue weighted by Gasteiger charge is -2.51. The van der Waals surface area contributed by atoms with E-state index in [4.69, 9.17) is 15.6 Å². The zero-order chi connectivity index (χ0) is 18.0. The minimum atomic E-state index is -1.01. The third-order valence-electron chi connectivity index (χ3n) is 3.56. The van der Waals surface area contributed by atoms with E-state index in [1.807, 2.05) is 13.8 Å². The van der Waals surface area contributed by atoms with Crippen LogP contribution in [0.2, 0.25) is 0 Å². The zero-order valence-corrected chi connectivity index (χ0v) is 14.4. The fourth-order valence-electron chi connectivity index (χ4n) is 2.58. The van der Waals surface area contributed by atoms with E-state index in [2.05, 4.69) is 5.32 Å². The van der Waals surface area contributed by atoms with E-state index >= 15 is 0 Å². The minimum Gasteiger partial charge on any atom is -0.481 e. The number of rotatable bonds is 6. The number of hydrogen-bond acceptors (Lipinski definition) is 5. The Balaban J connectivity index is 2.79. The molecule has 2 amide bonds. The van der Waals surface area contributed by atoms with Gasteiger partial charge in [0.25, 0.3) is 0 Å². The number of carboxylic acids is 1. The van der Waals surface area contributed by atoms with Crippen molar-refractivity contribution in [2.24, 2.45) is 11.7 Å². The molecular formula is C15H27N3O5. The van der Waals surface area contributed by atoms with Gasteiger partial charge in [0, 0.05) is 13.1 Å². The van der Waals surface area contributed by atoms with Gasteiger partial charge in [0.05, 0.1) is 18.0 Å². The number of ether oxygens (including phenoxy) is 1. The van der Waals surface area contributed by atoms with Crippen molar-refractivity contribution in [1.82, 2.24) is 10.2 Å². The van der Waals surface area contributed by atoms with Crippen LogP contribution in [0.5, 0.6) is 0 Å². The maximum Gasteiger partial charge on any atom is 0.410 e. The Hall–Kier alpha value is -1.83. The fourth-order valence-corrected chi connectivity index (χ4v) is 2.58. The summed E-state index contributed by atoms with van der Waals surface area (Å²) >= 11 is 0. The Morgan fingerprint density at radius 1 is 1.30 bits per heavy atom. The Labute approximate surface area is 136 Å². The molecule has 8 nitrogen and oxygen atoms in total. The minimum absolute atomic E-state index is 0.0891. The van der Waals surface area contributed by atoms with Crippen molar-refractivity contribution in [3.63, 3.8) is 0 Å². The van der Waals surface area contributed by atoms with E-state index in [1.54, 1.807) is 20.8 Å². The van der Waals surface area contributed by atoms with Crippen molar-refractivity contribution in [3.8, 4) is 0 Å². The fraction of sp³-hybridized carbons (Fsp3) is 0.800. The largest absolute Gasteiger partial charge is 0.481 e. The average molecular weight is 329 g/mol. The second kappa shape index (κ2) is 6.74. The Kier molecular flexibility index (Phi) is 5.63. The molecule has 0 bridgehead atoms. The SMILES string of the molecule is CC(C)C(NC1(CC(=O)O)CN(C(=O)OC(C)(C)C)C1)C(N)=O. The van der Waals surface area contributed by atoms with Gasteiger partial charge in [-0.15, -0.1) is 0 Å². The molecule has 4 N–H and O–H groups in total. The number of amides is 2. The number of aliphatic carboxylic acids is 1. The smallest absolute Gasteiger partial charge is 0.410 e. The molecule has 0 radical (unpaired) electrons. The lowest BCUT2D eigenvalue weighted by Crippen LogP contribution is -2.74. The van der Waals surface area contributed by atoms with E-state index in [9.17, 15) is 14.4 Å². The van der Waals surface area contributed by atoms with E-state index in [1.165, 1.54) is 4.90 Å². The summed E-state index contributed by atoms with van der Waals surface area (Å²) in [5.74, 6) is -1.64. The standard InChI is InChI=1S/C15H27N3O5/c1-9(2)11(12(16)21)17-15(6-10(19)20)7-18(8-15)13(22)23-14(3,4)5/h9,11,17H,6-8H2,1-5H3,(H2,16,21)(H,19,20). The number of nitrogens with one attached hydrogen (secondary N) is 1.